The molecule has 4 heterocycles. The first kappa shape index (κ1) is 22.1. The largest absolute Gasteiger partial charge is 0.335 e. The monoisotopic (exact) mass is 478 g/mol. The van der Waals surface area contributed by atoms with Gasteiger partial charge in [0.15, 0.2) is 5.01 Å². The standard InChI is InChI=1S/C23H22N6O4S/c30-22(17-3-1-2-16(12-17)20-5-4-18(13-25-20)29(32)33)28-14-19(15-28)26-7-9-27(10-8-26)23(31)21-24-6-11-34-21/h1-6,11-13,19H,7-10,14-15H2. The van der Waals surface area contributed by atoms with Gasteiger partial charge in [-0.25, -0.2) is 9.97 Å². The molecule has 0 saturated carbocycles. The Morgan fingerprint density at radius 1 is 1.00 bits per heavy atom. The number of nitrogens with zero attached hydrogens (tertiary/aromatic N) is 6. The lowest BCUT2D eigenvalue weighted by Gasteiger charge is -2.48. The van der Waals surface area contributed by atoms with E-state index in [1.54, 1.807) is 30.5 Å². The molecule has 2 fully saturated rings. The Bertz CT molecular complexity index is 1200. The van der Waals surface area contributed by atoms with Crippen molar-refractivity contribution in [2.75, 3.05) is 39.3 Å². The lowest BCUT2D eigenvalue weighted by Crippen LogP contribution is -2.64. The zero-order valence-corrected chi connectivity index (χ0v) is 19.1. The third kappa shape index (κ3) is 4.39. The molecular weight excluding hydrogens is 456 g/mol. The first-order chi connectivity index (χ1) is 16.5. The molecule has 2 amide bonds. The number of pyridine rings is 1. The predicted molar refractivity (Wildman–Crippen MR) is 126 cm³/mol. The average Bonchev–Trinajstić information content (AvgIpc) is 3.38. The van der Waals surface area contributed by atoms with Crippen molar-refractivity contribution < 1.29 is 14.5 Å². The summed E-state index contributed by atoms with van der Waals surface area (Å²) in [6.07, 6.45) is 2.86. The number of hydrogen-bond donors (Lipinski definition) is 0. The van der Waals surface area contributed by atoms with E-state index in [0.717, 1.165) is 18.7 Å². The SMILES string of the molecule is O=C(c1cccc(-c2ccc([N+](=O)[O-])cn2)c1)N1CC(N2CCN(C(=O)c3nccs3)CC2)C1. The molecule has 0 unspecified atom stereocenters. The van der Waals surface area contributed by atoms with E-state index in [-0.39, 0.29) is 17.5 Å². The third-order valence-electron chi connectivity index (χ3n) is 6.25. The van der Waals surface area contributed by atoms with Crippen LogP contribution in [0.5, 0.6) is 0 Å². The molecule has 34 heavy (non-hydrogen) atoms. The van der Waals surface area contributed by atoms with Gasteiger partial charge in [-0.2, -0.15) is 0 Å². The summed E-state index contributed by atoms with van der Waals surface area (Å²) < 4.78 is 0. The molecule has 174 valence electrons. The van der Waals surface area contributed by atoms with Crippen LogP contribution in [-0.4, -0.2) is 86.7 Å². The highest BCUT2D eigenvalue weighted by Crippen LogP contribution is 2.24. The molecule has 3 aromatic rings. The van der Waals surface area contributed by atoms with Gasteiger partial charge < -0.3 is 9.80 Å². The number of likely N-dealkylation sites (tertiary alicyclic amines) is 1. The highest BCUT2D eigenvalue weighted by molar-refractivity contribution is 7.11. The number of rotatable bonds is 5. The Labute approximate surface area is 199 Å². The van der Waals surface area contributed by atoms with Crippen LogP contribution in [0.2, 0.25) is 0 Å². The Hall–Kier alpha value is -3.70. The fraction of sp³-hybridized carbons (Fsp3) is 0.304. The van der Waals surface area contributed by atoms with E-state index >= 15 is 0 Å². The van der Waals surface area contributed by atoms with E-state index in [9.17, 15) is 19.7 Å². The molecular formula is C23H22N6O4S. The Morgan fingerprint density at radius 3 is 2.44 bits per heavy atom. The first-order valence-electron chi connectivity index (χ1n) is 10.9. The Balaban J connectivity index is 1.15. The summed E-state index contributed by atoms with van der Waals surface area (Å²) in [5, 5.41) is 13.2. The maximum atomic E-state index is 13.0. The molecule has 5 rings (SSSR count). The number of benzene rings is 1. The summed E-state index contributed by atoms with van der Waals surface area (Å²) in [6, 6.07) is 10.4. The summed E-state index contributed by atoms with van der Waals surface area (Å²) in [4.78, 5) is 50.1. The topological polar surface area (TPSA) is 113 Å². The quantitative estimate of drug-likeness (QED) is 0.409. The minimum atomic E-state index is -0.490. The summed E-state index contributed by atoms with van der Waals surface area (Å²) in [6.45, 7) is 4.19. The molecule has 0 aliphatic carbocycles. The molecule has 0 N–H and O–H groups in total. The first-order valence-corrected chi connectivity index (χ1v) is 11.8. The van der Waals surface area contributed by atoms with Gasteiger partial charge in [-0.15, -0.1) is 11.3 Å². The maximum absolute atomic E-state index is 13.0. The smallest absolute Gasteiger partial charge is 0.287 e. The second kappa shape index (κ2) is 9.27. The van der Waals surface area contributed by atoms with Crippen LogP contribution in [0, 0.1) is 10.1 Å². The lowest BCUT2D eigenvalue weighted by molar-refractivity contribution is -0.385. The van der Waals surface area contributed by atoms with Crippen molar-refractivity contribution in [3.63, 3.8) is 0 Å². The molecule has 10 nitrogen and oxygen atoms in total. The Kier molecular flexibility index (Phi) is 6.03. The van der Waals surface area contributed by atoms with E-state index in [1.807, 2.05) is 21.2 Å². The molecule has 0 radical (unpaired) electrons. The number of hydrogen-bond acceptors (Lipinski definition) is 8. The summed E-state index contributed by atoms with van der Waals surface area (Å²) in [7, 11) is 0. The van der Waals surface area contributed by atoms with Crippen LogP contribution in [0.3, 0.4) is 0 Å². The van der Waals surface area contributed by atoms with Crippen molar-refractivity contribution >= 4 is 28.8 Å². The Morgan fingerprint density at radius 2 is 1.79 bits per heavy atom. The zero-order chi connectivity index (χ0) is 23.7. The van der Waals surface area contributed by atoms with Gasteiger partial charge in [0.1, 0.15) is 6.20 Å². The number of aromatic nitrogens is 2. The van der Waals surface area contributed by atoms with E-state index < -0.39 is 4.92 Å². The fourth-order valence-electron chi connectivity index (χ4n) is 4.27. The third-order valence-corrected chi connectivity index (χ3v) is 7.01. The van der Waals surface area contributed by atoms with Gasteiger partial charge in [0, 0.05) is 74.1 Å². The number of thiazole rings is 1. The maximum Gasteiger partial charge on any atom is 0.287 e. The summed E-state index contributed by atoms with van der Waals surface area (Å²) in [5.41, 5.74) is 1.80. The van der Waals surface area contributed by atoms with Gasteiger partial charge in [0.25, 0.3) is 17.5 Å². The minimum absolute atomic E-state index is 0.0116. The summed E-state index contributed by atoms with van der Waals surface area (Å²) >= 11 is 1.36. The highest BCUT2D eigenvalue weighted by atomic mass is 32.1. The molecule has 0 atom stereocenters. The minimum Gasteiger partial charge on any atom is -0.335 e. The molecule has 2 aliphatic rings. The second-order valence-electron chi connectivity index (χ2n) is 8.27. The van der Waals surface area contributed by atoms with Crippen LogP contribution >= 0.6 is 11.3 Å². The number of amides is 2. The normalized spacial score (nSPS) is 16.8. The highest BCUT2D eigenvalue weighted by Gasteiger charge is 2.37. The van der Waals surface area contributed by atoms with Crippen LogP contribution in [0.1, 0.15) is 20.2 Å². The summed E-state index contributed by atoms with van der Waals surface area (Å²) in [5.74, 6) is -0.0555. The van der Waals surface area contributed by atoms with Crippen molar-refractivity contribution in [2.45, 2.75) is 6.04 Å². The van der Waals surface area contributed by atoms with Gasteiger partial charge in [-0.1, -0.05) is 12.1 Å². The van der Waals surface area contributed by atoms with Gasteiger partial charge >= 0.3 is 0 Å². The van der Waals surface area contributed by atoms with Gasteiger partial charge in [0.2, 0.25) is 0 Å². The lowest BCUT2D eigenvalue weighted by atomic mass is 10.0. The van der Waals surface area contributed by atoms with E-state index in [1.165, 1.54) is 23.6 Å². The van der Waals surface area contributed by atoms with Crippen LogP contribution < -0.4 is 0 Å². The average molecular weight is 479 g/mol. The number of carbonyl (C=O) groups is 2. The number of carbonyl (C=O) groups excluding carboxylic acids is 2. The molecule has 2 saturated heterocycles. The van der Waals surface area contributed by atoms with E-state index in [0.29, 0.717) is 48.5 Å². The van der Waals surface area contributed by atoms with Gasteiger partial charge in [-0.05, 0) is 18.2 Å². The predicted octanol–water partition coefficient (Wildman–Crippen LogP) is 2.40. The van der Waals surface area contributed by atoms with E-state index in [2.05, 4.69) is 14.9 Å². The van der Waals surface area contributed by atoms with Crippen molar-refractivity contribution in [1.82, 2.24) is 24.7 Å². The van der Waals surface area contributed by atoms with Crippen LogP contribution in [0.15, 0.2) is 54.2 Å². The van der Waals surface area contributed by atoms with Crippen molar-refractivity contribution in [3.05, 3.63) is 74.9 Å². The van der Waals surface area contributed by atoms with Crippen molar-refractivity contribution in [2.24, 2.45) is 0 Å². The molecule has 0 bridgehead atoms. The molecule has 1 aromatic carbocycles. The number of piperazine rings is 1. The number of nitro groups is 1. The molecule has 0 spiro atoms. The van der Waals surface area contributed by atoms with Crippen LogP contribution in [-0.2, 0) is 0 Å². The molecule has 2 aromatic heterocycles. The molecule has 2 aliphatic heterocycles. The van der Waals surface area contributed by atoms with Crippen molar-refractivity contribution in [1.29, 1.82) is 0 Å². The molecule has 11 heteroatoms. The van der Waals surface area contributed by atoms with Gasteiger partial charge in [0.05, 0.1) is 10.6 Å². The van der Waals surface area contributed by atoms with E-state index in [4.69, 9.17) is 0 Å². The second-order valence-corrected chi connectivity index (χ2v) is 9.16. The van der Waals surface area contributed by atoms with Gasteiger partial charge in [-0.3, -0.25) is 24.6 Å². The van der Waals surface area contributed by atoms with Crippen LogP contribution in [0.25, 0.3) is 11.3 Å². The van der Waals surface area contributed by atoms with Crippen LogP contribution in [0.4, 0.5) is 5.69 Å². The zero-order valence-electron chi connectivity index (χ0n) is 18.2. The van der Waals surface area contributed by atoms with Crippen molar-refractivity contribution in [3.8, 4) is 11.3 Å². The fourth-order valence-corrected chi connectivity index (χ4v) is 4.87.